The molecule has 142 valence electrons. The number of phenolic OH excluding ortho intramolecular Hbond substituents is 1. The van der Waals surface area contributed by atoms with E-state index in [2.05, 4.69) is 4.94 Å². The molecule has 1 aromatic rings. The fourth-order valence-corrected chi connectivity index (χ4v) is 4.40. The van der Waals surface area contributed by atoms with Crippen molar-refractivity contribution in [2.24, 2.45) is 11.3 Å². The van der Waals surface area contributed by atoms with Crippen molar-refractivity contribution in [3.8, 4) is 11.5 Å². The van der Waals surface area contributed by atoms with Crippen LogP contribution in [0.3, 0.4) is 0 Å². The second-order valence-corrected chi connectivity index (χ2v) is 8.07. The molecule has 0 amide bonds. The zero-order valence-electron chi connectivity index (χ0n) is 15.5. The van der Waals surface area contributed by atoms with Crippen LogP contribution in [-0.4, -0.2) is 24.0 Å². The minimum Gasteiger partial charge on any atom is -0.504 e. The number of carbonyl (C=O) groups excluding carboxylic acids is 3. The SMILES string of the molecule is CC(C)c1cc(C=O)c([C@@]2(C=O)CCCC(C)(C)[C@@H]2C=O)c(OF)c1O. The van der Waals surface area contributed by atoms with E-state index < -0.39 is 28.2 Å². The minimum absolute atomic E-state index is 0.0447. The maximum absolute atomic E-state index is 13.5. The lowest BCUT2D eigenvalue weighted by molar-refractivity contribution is -0.129. The predicted octanol–water partition coefficient (Wildman–Crippen LogP) is 4.05. The summed E-state index contributed by atoms with van der Waals surface area (Å²) in [6, 6.07) is 1.44. The van der Waals surface area contributed by atoms with E-state index in [0.29, 0.717) is 37.3 Å². The molecular formula is C20H25FO5. The van der Waals surface area contributed by atoms with Crippen molar-refractivity contribution in [2.75, 3.05) is 0 Å². The quantitative estimate of drug-likeness (QED) is 0.770. The van der Waals surface area contributed by atoms with E-state index in [-0.39, 0.29) is 23.5 Å². The first-order valence-corrected chi connectivity index (χ1v) is 8.76. The summed E-state index contributed by atoms with van der Waals surface area (Å²) in [6.07, 6.45) is 3.40. The number of aromatic hydroxyl groups is 1. The molecule has 0 heterocycles. The van der Waals surface area contributed by atoms with Crippen LogP contribution in [0.25, 0.3) is 0 Å². The highest BCUT2D eigenvalue weighted by molar-refractivity contribution is 5.89. The van der Waals surface area contributed by atoms with Crippen LogP contribution in [-0.2, 0) is 15.0 Å². The molecule has 26 heavy (non-hydrogen) atoms. The average Bonchev–Trinajstić information content (AvgIpc) is 2.59. The van der Waals surface area contributed by atoms with Gasteiger partial charge in [-0.25, -0.2) is 0 Å². The van der Waals surface area contributed by atoms with E-state index in [9.17, 15) is 24.0 Å². The van der Waals surface area contributed by atoms with Crippen LogP contribution in [0.5, 0.6) is 11.5 Å². The normalized spacial score (nSPS) is 24.9. The number of hydrogen-bond acceptors (Lipinski definition) is 5. The third kappa shape index (κ3) is 2.91. The molecule has 0 bridgehead atoms. The Morgan fingerprint density at radius 2 is 1.92 bits per heavy atom. The van der Waals surface area contributed by atoms with Crippen molar-refractivity contribution in [3.63, 3.8) is 0 Å². The number of halogens is 1. The highest BCUT2D eigenvalue weighted by atomic mass is 19.3. The molecular weight excluding hydrogens is 339 g/mol. The molecule has 0 aliphatic heterocycles. The zero-order chi connectivity index (χ0) is 19.7. The van der Waals surface area contributed by atoms with E-state index >= 15 is 0 Å². The van der Waals surface area contributed by atoms with Gasteiger partial charge in [0, 0.05) is 27.1 Å². The van der Waals surface area contributed by atoms with Crippen molar-refractivity contribution in [3.05, 3.63) is 22.8 Å². The molecule has 1 aliphatic carbocycles. The minimum atomic E-state index is -1.44. The summed E-state index contributed by atoms with van der Waals surface area (Å²) in [5, 5.41) is 10.5. The summed E-state index contributed by atoms with van der Waals surface area (Å²) in [6.45, 7) is 7.28. The van der Waals surface area contributed by atoms with E-state index in [1.807, 2.05) is 13.8 Å². The second kappa shape index (κ2) is 7.17. The summed E-state index contributed by atoms with van der Waals surface area (Å²) < 4.78 is 13.5. The Balaban J connectivity index is 2.91. The molecule has 0 aromatic heterocycles. The van der Waals surface area contributed by atoms with Crippen molar-refractivity contribution >= 4 is 18.9 Å². The summed E-state index contributed by atoms with van der Waals surface area (Å²) in [5.74, 6) is -1.97. The van der Waals surface area contributed by atoms with Gasteiger partial charge in [-0.05, 0) is 30.2 Å². The molecule has 1 N–H and O–H groups in total. The average molecular weight is 364 g/mol. The molecule has 6 heteroatoms. The first-order chi connectivity index (χ1) is 12.2. The van der Waals surface area contributed by atoms with Crippen LogP contribution in [0.1, 0.15) is 74.4 Å². The molecule has 0 unspecified atom stereocenters. The smallest absolute Gasteiger partial charge is 0.218 e. The Bertz CT molecular complexity index is 725. The third-order valence-electron chi connectivity index (χ3n) is 5.76. The fraction of sp³-hybridized carbons (Fsp3) is 0.550. The van der Waals surface area contributed by atoms with Crippen molar-refractivity contribution in [2.45, 2.75) is 58.3 Å². The molecule has 2 rings (SSSR count). The first-order valence-electron chi connectivity index (χ1n) is 8.76. The number of benzene rings is 1. The van der Waals surface area contributed by atoms with Crippen LogP contribution in [0.15, 0.2) is 6.07 Å². The summed E-state index contributed by atoms with van der Waals surface area (Å²) in [5.41, 5.74) is -1.62. The Labute approximate surface area is 152 Å². The Kier molecular flexibility index (Phi) is 5.54. The second-order valence-electron chi connectivity index (χ2n) is 8.07. The van der Waals surface area contributed by atoms with Gasteiger partial charge >= 0.3 is 0 Å². The standard InChI is InChI=1S/C20H25FO5/c1-12(2)14-8-13(9-22)16(18(26-21)17(14)25)20(11-24)7-5-6-19(3,4)15(20)10-23/h8-12,15,25H,5-7H2,1-4H3/t15-,20+/m0/s1. The van der Waals surface area contributed by atoms with Gasteiger partial charge in [-0.3, -0.25) is 9.74 Å². The summed E-state index contributed by atoms with van der Waals surface area (Å²) in [7, 11) is 0. The molecule has 0 saturated heterocycles. The van der Waals surface area contributed by atoms with Crippen LogP contribution >= 0.6 is 0 Å². The number of hydrogen-bond donors (Lipinski definition) is 1. The fourth-order valence-electron chi connectivity index (χ4n) is 4.40. The monoisotopic (exact) mass is 364 g/mol. The Morgan fingerprint density at radius 1 is 1.27 bits per heavy atom. The van der Waals surface area contributed by atoms with Gasteiger partial charge in [0.25, 0.3) is 0 Å². The molecule has 0 spiro atoms. The highest BCUT2D eigenvalue weighted by Crippen LogP contribution is 2.55. The number of carbonyl (C=O) groups is 3. The molecule has 1 aromatic carbocycles. The number of aldehydes is 3. The van der Waals surface area contributed by atoms with Gasteiger partial charge in [0.15, 0.2) is 12.0 Å². The van der Waals surface area contributed by atoms with Gasteiger partial charge in [-0.2, -0.15) is 0 Å². The molecule has 1 fully saturated rings. The predicted molar refractivity (Wildman–Crippen MR) is 94.2 cm³/mol. The Morgan fingerprint density at radius 3 is 2.38 bits per heavy atom. The highest BCUT2D eigenvalue weighted by Gasteiger charge is 2.53. The summed E-state index contributed by atoms with van der Waals surface area (Å²) in [4.78, 5) is 40.0. The van der Waals surface area contributed by atoms with Crippen LogP contribution in [0, 0.1) is 11.3 Å². The zero-order valence-corrected chi connectivity index (χ0v) is 15.5. The van der Waals surface area contributed by atoms with Crippen molar-refractivity contribution < 1.29 is 29.0 Å². The van der Waals surface area contributed by atoms with Gasteiger partial charge in [-0.15, -0.1) is 0 Å². The molecule has 1 saturated carbocycles. The van der Waals surface area contributed by atoms with Crippen molar-refractivity contribution in [1.29, 1.82) is 0 Å². The molecule has 1 aliphatic rings. The van der Waals surface area contributed by atoms with Gasteiger partial charge in [-0.1, -0.05) is 34.1 Å². The number of rotatable bonds is 6. The molecule has 0 radical (unpaired) electrons. The lowest BCUT2D eigenvalue weighted by atomic mass is 9.54. The maximum atomic E-state index is 13.5. The number of phenols is 1. The summed E-state index contributed by atoms with van der Waals surface area (Å²) >= 11 is 0. The molecule has 2 atom stereocenters. The van der Waals surface area contributed by atoms with E-state index in [4.69, 9.17) is 0 Å². The largest absolute Gasteiger partial charge is 0.504 e. The van der Waals surface area contributed by atoms with Gasteiger partial charge in [0.2, 0.25) is 5.75 Å². The van der Waals surface area contributed by atoms with E-state index in [1.54, 1.807) is 13.8 Å². The molecule has 5 nitrogen and oxygen atoms in total. The van der Waals surface area contributed by atoms with Crippen molar-refractivity contribution in [1.82, 2.24) is 0 Å². The van der Waals surface area contributed by atoms with Crippen LogP contribution < -0.4 is 4.94 Å². The topological polar surface area (TPSA) is 80.7 Å². The van der Waals surface area contributed by atoms with E-state index in [1.165, 1.54) is 6.07 Å². The maximum Gasteiger partial charge on any atom is 0.218 e. The van der Waals surface area contributed by atoms with Gasteiger partial charge in [0.1, 0.15) is 12.6 Å². The third-order valence-corrected chi connectivity index (χ3v) is 5.76. The first kappa shape index (κ1) is 20.1. The Hall–Kier alpha value is -2.24. The van der Waals surface area contributed by atoms with Crippen LogP contribution in [0.2, 0.25) is 0 Å². The van der Waals surface area contributed by atoms with E-state index in [0.717, 1.165) is 0 Å². The lowest BCUT2D eigenvalue weighted by Crippen LogP contribution is -2.49. The lowest BCUT2D eigenvalue weighted by Gasteiger charge is -2.47. The van der Waals surface area contributed by atoms with Gasteiger partial charge in [0.05, 0.1) is 5.41 Å². The van der Waals surface area contributed by atoms with Crippen LogP contribution in [0.4, 0.5) is 4.53 Å². The van der Waals surface area contributed by atoms with Gasteiger partial charge < -0.3 is 14.7 Å².